The van der Waals surface area contributed by atoms with E-state index in [4.69, 9.17) is 4.74 Å². The van der Waals surface area contributed by atoms with Gasteiger partial charge in [0.05, 0.1) is 29.5 Å². The van der Waals surface area contributed by atoms with Crippen LogP contribution in [-0.4, -0.2) is 49.5 Å². The second-order valence-corrected chi connectivity index (χ2v) is 11.2. The number of carbonyl (C=O) groups excluding carboxylic acids is 2. The number of hydrogen-bond donors (Lipinski definition) is 2. The quantitative estimate of drug-likeness (QED) is 0.308. The van der Waals surface area contributed by atoms with Crippen molar-refractivity contribution in [2.45, 2.75) is 57.1 Å². The van der Waals surface area contributed by atoms with Gasteiger partial charge in [-0.15, -0.1) is 11.3 Å². The van der Waals surface area contributed by atoms with E-state index in [9.17, 15) is 9.59 Å². The molecule has 0 spiro atoms. The lowest BCUT2D eigenvalue weighted by atomic mass is 9.81. The monoisotopic (exact) mass is 488 g/mol. The predicted octanol–water partition coefficient (Wildman–Crippen LogP) is 3.49. The Morgan fingerprint density at radius 3 is 2.79 bits per heavy atom. The Kier molecular flexibility index (Phi) is 6.23. The van der Waals surface area contributed by atoms with Crippen molar-refractivity contribution in [1.82, 2.24) is 25.1 Å². The van der Waals surface area contributed by atoms with E-state index in [-0.39, 0.29) is 29.3 Å². The van der Waals surface area contributed by atoms with Gasteiger partial charge in [-0.3, -0.25) is 9.48 Å². The van der Waals surface area contributed by atoms with Crippen LogP contribution in [0.25, 0.3) is 11.0 Å². The molecule has 0 unspecified atom stereocenters. The molecule has 11 heteroatoms. The Labute approximate surface area is 200 Å². The summed E-state index contributed by atoms with van der Waals surface area (Å²) < 4.78 is 7.02. The van der Waals surface area contributed by atoms with Crippen LogP contribution in [0.2, 0.25) is 0 Å². The maximum atomic E-state index is 12.9. The topological polar surface area (TPSA) is 111 Å². The number of hydrogen-bond acceptors (Lipinski definition) is 9. The zero-order valence-corrected chi connectivity index (χ0v) is 21.2. The van der Waals surface area contributed by atoms with Gasteiger partial charge in [-0.25, -0.2) is 14.8 Å². The van der Waals surface area contributed by atoms with Gasteiger partial charge in [0.2, 0.25) is 5.91 Å². The summed E-state index contributed by atoms with van der Waals surface area (Å²) >= 11 is 2.75. The molecule has 0 saturated carbocycles. The molecule has 3 aromatic rings. The molecule has 4 rings (SSSR count). The summed E-state index contributed by atoms with van der Waals surface area (Å²) in [6, 6.07) is 0. The van der Waals surface area contributed by atoms with Gasteiger partial charge >= 0.3 is 5.97 Å². The van der Waals surface area contributed by atoms with E-state index in [0.717, 1.165) is 15.8 Å². The molecule has 0 fully saturated rings. The average molecular weight is 489 g/mol. The first kappa shape index (κ1) is 23.7. The van der Waals surface area contributed by atoms with E-state index >= 15 is 0 Å². The standard InChI is InChI=1S/C22H28N6O3S2/c1-7-31-20(30)15-12-8-21(2,3)27-22(4,5)16(12)33-19(15)26-14(29)10-32-18-13-9-25-28(6)17(13)23-11-24-18/h9,11,27H,7-8,10H2,1-6H3,(H,26,29). The van der Waals surface area contributed by atoms with Crippen LogP contribution in [0, 0.1) is 0 Å². The van der Waals surface area contributed by atoms with E-state index in [1.54, 1.807) is 17.8 Å². The van der Waals surface area contributed by atoms with E-state index in [1.807, 2.05) is 7.05 Å². The van der Waals surface area contributed by atoms with Gasteiger partial charge in [0.15, 0.2) is 5.65 Å². The van der Waals surface area contributed by atoms with E-state index in [0.29, 0.717) is 27.7 Å². The second kappa shape index (κ2) is 8.69. The summed E-state index contributed by atoms with van der Waals surface area (Å²) in [6.45, 7) is 10.5. The first-order valence-electron chi connectivity index (χ1n) is 10.7. The normalized spacial score (nSPS) is 16.4. The highest BCUT2D eigenvalue weighted by atomic mass is 32.2. The van der Waals surface area contributed by atoms with Gasteiger partial charge in [0, 0.05) is 23.0 Å². The molecular weight excluding hydrogens is 460 g/mol. The van der Waals surface area contributed by atoms with Crippen LogP contribution >= 0.6 is 23.1 Å². The van der Waals surface area contributed by atoms with Crippen LogP contribution in [0.15, 0.2) is 17.6 Å². The lowest BCUT2D eigenvalue weighted by molar-refractivity contribution is -0.113. The number of thiophene rings is 1. The third-order valence-corrected chi connectivity index (χ3v) is 7.89. The zero-order valence-electron chi connectivity index (χ0n) is 19.6. The van der Waals surface area contributed by atoms with Gasteiger partial charge in [-0.1, -0.05) is 11.8 Å². The number of nitrogens with one attached hydrogen (secondary N) is 2. The molecule has 1 amide bonds. The molecule has 0 atom stereocenters. The van der Waals surface area contributed by atoms with Crippen molar-refractivity contribution >= 4 is 51.0 Å². The first-order chi connectivity index (χ1) is 15.5. The van der Waals surface area contributed by atoms with Gasteiger partial charge < -0.3 is 15.4 Å². The maximum absolute atomic E-state index is 12.9. The highest BCUT2D eigenvalue weighted by Crippen LogP contribution is 2.45. The smallest absolute Gasteiger partial charge is 0.341 e. The molecule has 33 heavy (non-hydrogen) atoms. The molecule has 0 bridgehead atoms. The average Bonchev–Trinajstić information content (AvgIpc) is 3.26. The van der Waals surface area contributed by atoms with Crippen LogP contribution < -0.4 is 10.6 Å². The van der Waals surface area contributed by atoms with Gasteiger partial charge in [-0.05, 0) is 46.6 Å². The number of rotatable bonds is 6. The third-order valence-electron chi connectivity index (χ3n) is 5.41. The molecule has 0 saturated heterocycles. The lowest BCUT2D eigenvalue weighted by Crippen LogP contribution is -2.55. The molecule has 176 valence electrons. The van der Waals surface area contributed by atoms with Gasteiger partial charge in [0.1, 0.15) is 16.4 Å². The second-order valence-electron chi connectivity index (χ2n) is 9.17. The van der Waals surface area contributed by atoms with Gasteiger partial charge in [0.25, 0.3) is 0 Å². The number of aryl methyl sites for hydroxylation is 1. The Morgan fingerprint density at radius 2 is 2.06 bits per heavy atom. The number of ether oxygens (including phenoxy) is 1. The van der Waals surface area contributed by atoms with E-state index < -0.39 is 5.97 Å². The van der Waals surface area contributed by atoms with Crippen LogP contribution in [0.4, 0.5) is 5.00 Å². The Balaban J connectivity index is 1.60. The molecule has 4 heterocycles. The molecule has 1 aliphatic rings. The summed E-state index contributed by atoms with van der Waals surface area (Å²) in [5.41, 5.74) is 1.59. The zero-order chi connectivity index (χ0) is 24.0. The third kappa shape index (κ3) is 4.62. The minimum Gasteiger partial charge on any atom is -0.462 e. The summed E-state index contributed by atoms with van der Waals surface area (Å²) in [4.78, 5) is 35.4. The van der Waals surface area contributed by atoms with E-state index in [1.165, 1.54) is 29.4 Å². The van der Waals surface area contributed by atoms with Crippen molar-refractivity contribution in [3.8, 4) is 0 Å². The maximum Gasteiger partial charge on any atom is 0.341 e. The number of nitrogens with zero attached hydrogens (tertiary/aromatic N) is 4. The van der Waals surface area contributed by atoms with Crippen molar-refractivity contribution in [2.75, 3.05) is 17.7 Å². The Morgan fingerprint density at radius 1 is 1.30 bits per heavy atom. The molecule has 0 aliphatic carbocycles. The Bertz CT molecular complexity index is 1230. The van der Waals surface area contributed by atoms with Crippen LogP contribution in [0.5, 0.6) is 0 Å². The number of anilines is 1. The highest BCUT2D eigenvalue weighted by Gasteiger charge is 2.42. The number of fused-ring (bicyclic) bond motifs is 2. The fourth-order valence-electron chi connectivity index (χ4n) is 4.39. The van der Waals surface area contributed by atoms with Crippen LogP contribution in [-0.2, 0) is 28.5 Å². The summed E-state index contributed by atoms with van der Waals surface area (Å²) in [7, 11) is 1.81. The molecule has 2 N–H and O–H groups in total. The van der Waals surface area contributed by atoms with Crippen LogP contribution in [0.3, 0.4) is 0 Å². The molecule has 0 radical (unpaired) electrons. The van der Waals surface area contributed by atoms with Crippen molar-refractivity contribution in [1.29, 1.82) is 0 Å². The number of thioether (sulfide) groups is 1. The molecule has 9 nitrogen and oxygen atoms in total. The van der Waals surface area contributed by atoms with Crippen molar-refractivity contribution < 1.29 is 14.3 Å². The predicted molar refractivity (Wildman–Crippen MR) is 130 cm³/mol. The fourth-order valence-corrected chi connectivity index (χ4v) is 6.43. The van der Waals surface area contributed by atoms with Crippen LogP contribution in [0.1, 0.15) is 55.4 Å². The SMILES string of the molecule is CCOC(=O)c1c(NC(=O)CSc2ncnc3c2cnn3C)sc2c1CC(C)(C)NC2(C)C. The van der Waals surface area contributed by atoms with Gasteiger partial charge in [-0.2, -0.15) is 5.10 Å². The number of carbonyl (C=O) groups is 2. The fraction of sp³-hybridized carbons (Fsp3) is 0.500. The lowest BCUT2D eigenvalue weighted by Gasteiger charge is -2.42. The largest absolute Gasteiger partial charge is 0.462 e. The Hall–Kier alpha value is -2.50. The highest BCUT2D eigenvalue weighted by molar-refractivity contribution is 8.00. The number of esters is 1. The number of amides is 1. The minimum absolute atomic E-state index is 0.138. The molecular formula is C22H28N6O3S2. The molecule has 3 aromatic heterocycles. The summed E-state index contributed by atoms with van der Waals surface area (Å²) in [6.07, 6.45) is 3.83. The summed E-state index contributed by atoms with van der Waals surface area (Å²) in [5.74, 6) is -0.483. The molecule has 0 aromatic carbocycles. The van der Waals surface area contributed by atoms with E-state index in [2.05, 4.69) is 53.4 Å². The number of aromatic nitrogens is 4. The first-order valence-corrected chi connectivity index (χ1v) is 12.5. The minimum atomic E-state index is -0.403. The van der Waals surface area contributed by atoms with Crippen molar-refractivity contribution in [3.63, 3.8) is 0 Å². The van der Waals surface area contributed by atoms with Crippen molar-refractivity contribution in [3.05, 3.63) is 28.5 Å². The molecule has 1 aliphatic heterocycles. The summed E-state index contributed by atoms with van der Waals surface area (Å²) in [5, 5.41) is 12.8. The van der Waals surface area contributed by atoms with Crippen molar-refractivity contribution in [2.24, 2.45) is 7.05 Å².